The van der Waals surface area contributed by atoms with E-state index in [1.54, 1.807) is 11.8 Å². The smallest absolute Gasteiger partial charge is 0.237 e. The van der Waals surface area contributed by atoms with Gasteiger partial charge in [0.1, 0.15) is 0 Å². The first-order valence-electron chi connectivity index (χ1n) is 4.10. The summed E-state index contributed by atoms with van der Waals surface area (Å²) in [7, 11) is 1.96. The first-order chi connectivity index (χ1) is 5.74. The molecule has 0 atom stereocenters. The van der Waals surface area contributed by atoms with Gasteiger partial charge in [-0.15, -0.1) is 5.92 Å². The van der Waals surface area contributed by atoms with E-state index in [9.17, 15) is 4.79 Å². The van der Waals surface area contributed by atoms with E-state index in [4.69, 9.17) is 0 Å². The Balaban J connectivity index is 2.43. The molecule has 0 radical (unpaired) electrons. The molecule has 0 bridgehead atoms. The van der Waals surface area contributed by atoms with Crippen molar-refractivity contribution in [2.45, 2.75) is 6.92 Å². The molecule has 0 aliphatic carbocycles. The van der Waals surface area contributed by atoms with Crippen molar-refractivity contribution in [1.29, 1.82) is 0 Å². The summed E-state index contributed by atoms with van der Waals surface area (Å²) in [6.45, 7) is 4.68. The van der Waals surface area contributed by atoms with Crippen LogP contribution >= 0.6 is 0 Å². The standard InChI is InChI=1S/C9H14N2O/c1-3-4-5-11-7-6-10(2)8-9(11)12/h5-8H2,1-2H3. The average Bonchev–Trinajstić information content (AvgIpc) is 2.03. The van der Waals surface area contributed by atoms with Crippen molar-refractivity contribution in [2.75, 3.05) is 33.2 Å². The average molecular weight is 166 g/mol. The Bertz CT molecular complexity index is 226. The molecule has 3 nitrogen and oxygen atoms in total. The molecule has 0 aromatic heterocycles. The molecule has 1 fully saturated rings. The maximum atomic E-state index is 11.3. The molecule has 12 heavy (non-hydrogen) atoms. The Morgan fingerprint density at radius 2 is 2.25 bits per heavy atom. The third kappa shape index (κ3) is 2.24. The fourth-order valence-electron chi connectivity index (χ4n) is 1.17. The van der Waals surface area contributed by atoms with Gasteiger partial charge in [0.25, 0.3) is 0 Å². The van der Waals surface area contributed by atoms with Gasteiger partial charge in [-0.05, 0) is 14.0 Å². The molecule has 1 saturated heterocycles. The van der Waals surface area contributed by atoms with Gasteiger partial charge in [0.05, 0.1) is 13.1 Å². The summed E-state index contributed by atoms with van der Waals surface area (Å²) in [5, 5.41) is 0. The Labute approximate surface area is 73.3 Å². The van der Waals surface area contributed by atoms with Gasteiger partial charge < -0.3 is 4.90 Å². The number of hydrogen-bond acceptors (Lipinski definition) is 2. The number of nitrogens with zero attached hydrogens (tertiary/aromatic N) is 2. The van der Waals surface area contributed by atoms with Crippen LogP contribution in [0.4, 0.5) is 0 Å². The molecule has 3 heteroatoms. The zero-order chi connectivity index (χ0) is 8.97. The topological polar surface area (TPSA) is 23.6 Å². The number of carbonyl (C=O) groups excluding carboxylic acids is 1. The van der Waals surface area contributed by atoms with Gasteiger partial charge in [0.2, 0.25) is 5.91 Å². The zero-order valence-electron chi connectivity index (χ0n) is 7.63. The second kappa shape index (κ2) is 4.13. The quantitative estimate of drug-likeness (QED) is 0.503. The van der Waals surface area contributed by atoms with Crippen molar-refractivity contribution < 1.29 is 4.79 Å². The van der Waals surface area contributed by atoms with Crippen LogP contribution < -0.4 is 0 Å². The van der Waals surface area contributed by atoms with Crippen molar-refractivity contribution >= 4 is 5.91 Å². The number of carbonyl (C=O) groups is 1. The predicted octanol–water partition coefficient (Wildman–Crippen LogP) is -0.216. The molecule has 0 unspecified atom stereocenters. The van der Waals surface area contributed by atoms with E-state index < -0.39 is 0 Å². The Morgan fingerprint density at radius 3 is 2.83 bits per heavy atom. The highest BCUT2D eigenvalue weighted by Crippen LogP contribution is 1.99. The van der Waals surface area contributed by atoms with E-state index in [1.165, 1.54) is 0 Å². The Hall–Kier alpha value is -1.01. The van der Waals surface area contributed by atoms with Crippen molar-refractivity contribution in [3.05, 3.63) is 0 Å². The molecule has 0 aromatic rings. The van der Waals surface area contributed by atoms with Crippen LogP contribution in [0.25, 0.3) is 0 Å². The summed E-state index contributed by atoms with van der Waals surface area (Å²) in [5.74, 6) is 5.88. The molecule has 1 rings (SSSR count). The first-order valence-corrected chi connectivity index (χ1v) is 4.10. The number of piperazine rings is 1. The molecule has 0 saturated carbocycles. The molecule has 1 heterocycles. The molecule has 1 aliphatic rings. The maximum Gasteiger partial charge on any atom is 0.237 e. The number of amides is 1. The van der Waals surface area contributed by atoms with Gasteiger partial charge in [-0.25, -0.2) is 0 Å². The van der Waals surface area contributed by atoms with Crippen molar-refractivity contribution in [2.24, 2.45) is 0 Å². The predicted molar refractivity (Wildman–Crippen MR) is 47.5 cm³/mol. The van der Waals surface area contributed by atoms with Gasteiger partial charge in [0.15, 0.2) is 0 Å². The normalized spacial score (nSPS) is 18.8. The molecule has 0 aromatic carbocycles. The van der Waals surface area contributed by atoms with Crippen molar-refractivity contribution in [1.82, 2.24) is 9.80 Å². The van der Waals surface area contributed by atoms with Crippen LogP contribution in [0.2, 0.25) is 0 Å². The van der Waals surface area contributed by atoms with E-state index in [-0.39, 0.29) is 5.91 Å². The fraction of sp³-hybridized carbons (Fsp3) is 0.667. The monoisotopic (exact) mass is 166 g/mol. The molecule has 0 N–H and O–H groups in total. The van der Waals surface area contributed by atoms with E-state index >= 15 is 0 Å². The fourth-order valence-corrected chi connectivity index (χ4v) is 1.17. The van der Waals surface area contributed by atoms with E-state index in [0.717, 1.165) is 13.1 Å². The van der Waals surface area contributed by atoms with Gasteiger partial charge >= 0.3 is 0 Å². The Morgan fingerprint density at radius 1 is 1.50 bits per heavy atom. The lowest BCUT2D eigenvalue weighted by Gasteiger charge is -2.30. The number of rotatable bonds is 1. The van der Waals surface area contributed by atoms with Gasteiger partial charge in [-0.1, -0.05) is 5.92 Å². The van der Waals surface area contributed by atoms with E-state index in [2.05, 4.69) is 11.8 Å². The summed E-state index contributed by atoms with van der Waals surface area (Å²) >= 11 is 0. The Kier molecular flexibility index (Phi) is 3.12. The zero-order valence-corrected chi connectivity index (χ0v) is 7.63. The summed E-state index contributed by atoms with van der Waals surface area (Å²) in [5.41, 5.74) is 0. The van der Waals surface area contributed by atoms with Crippen LogP contribution in [0.3, 0.4) is 0 Å². The highest BCUT2D eigenvalue weighted by atomic mass is 16.2. The summed E-state index contributed by atoms with van der Waals surface area (Å²) in [6.07, 6.45) is 0. The van der Waals surface area contributed by atoms with Gasteiger partial charge in [0, 0.05) is 13.1 Å². The lowest BCUT2D eigenvalue weighted by molar-refractivity contribution is -0.134. The highest BCUT2D eigenvalue weighted by Gasteiger charge is 2.19. The van der Waals surface area contributed by atoms with Crippen molar-refractivity contribution in [3.8, 4) is 11.8 Å². The minimum atomic E-state index is 0.187. The minimum Gasteiger partial charge on any atom is -0.329 e. The summed E-state index contributed by atoms with van der Waals surface area (Å²) in [6, 6.07) is 0. The second-order valence-electron chi connectivity index (χ2n) is 2.98. The third-order valence-electron chi connectivity index (χ3n) is 1.96. The lowest BCUT2D eigenvalue weighted by Crippen LogP contribution is -2.48. The summed E-state index contributed by atoms with van der Waals surface area (Å²) < 4.78 is 0. The summed E-state index contributed by atoms with van der Waals surface area (Å²) in [4.78, 5) is 15.2. The third-order valence-corrected chi connectivity index (χ3v) is 1.96. The van der Waals surface area contributed by atoms with Crippen LogP contribution in [0, 0.1) is 11.8 Å². The van der Waals surface area contributed by atoms with E-state index in [0.29, 0.717) is 13.1 Å². The van der Waals surface area contributed by atoms with Gasteiger partial charge in [-0.2, -0.15) is 0 Å². The molecular weight excluding hydrogens is 152 g/mol. The van der Waals surface area contributed by atoms with Gasteiger partial charge in [-0.3, -0.25) is 9.69 Å². The molecule has 66 valence electrons. The van der Waals surface area contributed by atoms with Crippen molar-refractivity contribution in [3.63, 3.8) is 0 Å². The SMILES string of the molecule is CC#CCN1CCN(C)CC1=O. The molecule has 1 aliphatic heterocycles. The molecule has 0 spiro atoms. The largest absolute Gasteiger partial charge is 0.329 e. The van der Waals surface area contributed by atoms with Crippen LogP contribution in [-0.4, -0.2) is 48.9 Å². The second-order valence-corrected chi connectivity index (χ2v) is 2.98. The van der Waals surface area contributed by atoms with E-state index in [1.807, 2.05) is 11.9 Å². The van der Waals surface area contributed by atoms with Crippen LogP contribution in [0.5, 0.6) is 0 Å². The van der Waals surface area contributed by atoms with Crippen LogP contribution in [0.15, 0.2) is 0 Å². The number of hydrogen-bond donors (Lipinski definition) is 0. The lowest BCUT2D eigenvalue weighted by atomic mass is 10.3. The minimum absolute atomic E-state index is 0.187. The maximum absolute atomic E-state index is 11.3. The molecular formula is C9H14N2O. The van der Waals surface area contributed by atoms with Crippen LogP contribution in [-0.2, 0) is 4.79 Å². The molecule has 1 amide bonds. The number of likely N-dealkylation sites (N-methyl/N-ethyl adjacent to an activating group) is 1. The first kappa shape index (κ1) is 9.08. The van der Waals surface area contributed by atoms with Crippen LogP contribution in [0.1, 0.15) is 6.92 Å². The highest BCUT2D eigenvalue weighted by molar-refractivity contribution is 5.79.